The van der Waals surface area contributed by atoms with E-state index in [-0.39, 0.29) is 16.3 Å². The van der Waals surface area contributed by atoms with Crippen molar-refractivity contribution in [1.82, 2.24) is 9.97 Å². The predicted molar refractivity (Wildman–Crippen MR) is 137 cm³/mol. The third-order valence-electron chi connectivity index (χ3n) is 6.79. The molecule has 0 saturated heterocycles. The lowest BCUT2D eigenvalue weighted by molar-refractivity contribution is 0.127. The molecule has 0 spiro atoms. The maximum absolute atomic E-state index is 15.0. The summed E-state index contributed by atoms with van der Waals surface area (Å²) in [5, 5.41) is 10.7. The minimum Gasteiger partial charge on any atom is -0.391 e. The van der Waals surface area contributed by atoms with Crippen LogP contribution in [0.2, 0.25) is 0 Å². The van der Waals surface area contributed by atoms with Crippen LogP contribution in [0.4, 0.5) is 10.2 Å². The van der Waals surface area contributed by atoms with E-state index in [1.807, 2.05) is 6.08 Å². The number of allylic oxidation sites excluding steroid dienone is 2. The Morgan fingerprint density at radius 3 is 2.64 bits per heavy atom. The molecule has 2 atom stereocenters. The van der Waals surface area contributed by atoms with Crippen molar-refractivity contribution in [2.24, 2.45) is 9.81 Å². The van der Waals surface area contributed by atoms with Crippen LogP contribution in [0.25, 0.3) is 22.4 Å². The lowest BCUT2D eigenvalue weighted by Gasteiger charge is -2.25. The molecule has 0 aliphatic heterocycles. The highest BCUT2D eigenvalue weighted by Gasteiger charge is 2.44. The zero-order valence-electron chi connectivity index (χ0n) is 19.6. The number of hydrogen-bond donors (Lipinski definition) is 2. The summed E-state index contributed by atoms with van der Waals surface area (Å²) in [4.78, 5) is 7.99. The zero-order valence-corrected chi connectivity index (χ0v) is 20.4. The highest BCUT2D eigenvalue weighted by molar-refractivity contribution is 7.90. The molecule has 7 nitrogen and oxygen atoms in total. The summed E-state index contributed by atoms with van der Waals surface area (Å²) in [6.45, 7) is 1.80. The van der Waals surface area contributed by atoms with Crippen LogP contribution in [0.15, 0.2) is 87.4 Å². The summed E-state index contributed by atoms with van der Waals surface area (Å²) in [5.41, 5.74) is 7.85. The molecule has 0 amide bonds. The van der Waals surface area contributed by atoms with E-state index in [1.54, 1.807) is 31.2 Å². The first-order valence-electron chi connectivity index (χ1n) is 11.6. The van der Waals surface area contributed by atoms with Gasteiger partial charge in [0.05, 0.1) is 34.5 Å². The number of nitrogens with two attached hydrogens (primary N) is 1. The molecular formula is C27H25FN4O3S. The van der Waals surface area contributed by atoms with Crippen LogP contribution in [-0.2, 0) is 10.0 Å². The van der Waals surface area contributed by atoms with E-state index in [0.29, 0.717) is 23.2 Å². The number of aliphatic hydroxyl groups is 1. The Kier molecular flexibility index (Phi) is 6.05. The topological polar surface area (TPSA) is 119 Å². The van der Waals surface area contributed by atoms with Gasteiger partial charge >= 0.3 is 0 Å². The number of benzene rings is 2. The van der Waals surface area contributed by atoms with Crippen molar-refractivity contribution < 1.29 is 17.9 Å². The summed E-state index contributed by atoms with van der Waals surface area (Å²) in [6, 6.07) is 10.7. The molecule has 1 heterocycles. The summed E-state index contributed by atoms with van der Waals surface area (Å²) in [7, 11) is -4.15. The monoisotopic (exact) mass is 504 g/mol. The minimum absolute atomic E-state index is 0.0508. The van der Waals surface area contributed by atoms with Crippen molar-refractivity contribution in [3.05, 3.63) is 84.0 Å². The number of nitrogen functional groups attached to an aromatic ring is 1. The highest BCUT2D eigenvalue weighted by Crippen LogP contribution is 2.47. The third-order valence-corrected chi connectivity index (χ3v) is 8.08. The zero-order chi connectivity index (χ0) is 25.5. The second-order valence-electron chi connectivity index (χ2n) is 9.15. The van der Waals surface area contributed by atoms with Gasteiger partial charge in [0.2, 0.25) is 0 Å². The van der Waals surface area contributed by atoms with Gasteiger partial charge in [0, 0.05) is 17.3 Å². The first-order valence-corrected chi connectivity index (χ1v) is 13.0. The number of aliphatic hydroxyl groups excluding tert-OH is 1. The molecule has 9 heteroatoms. The molecule has 0 bridgehead atoms. The second kappa shape index (κ2) is 9.07. The van der Waals surface area contributed by atoms with Gasteiger partial charge in [-0.1, -0.05) is 36.4 Å². The molecule has 3 aromatic rings. The Labute approximate surface area is 209 Å². The van der Waals surface area contributed by atoms with Crippen molar-refractivity contribution in [1.29, 1.82) is 0 Å². The maximum Gasteiger partial charge on any atom is 0.282 e. The predicted octanol–water partition coefficient (Wildman–Crippen LogP) is 4.71. The molecule has 2 aliphatic carbocycles. The Bertz CT molecular complexity index is 1530. The Morgan fingerprint density at radius 2 is 1.89 bits per heavy atom. The Hall–Kier alpha value is -3.69. The lowest BCUT2D eigenvalue weighted by atomic mass is 9.81. The summed E-state index contributed by atoms with van der Waals surface area (Å²) < 4.78 is 45.8. The first-order chi connectivity index (χ1) is 17.2. The average molecular weight is 505 g/mol. The van der Waals surface area contributed by atoms with E-state index in [2.05, 4.69) is 20.4 Å². The molecule has 36 heavy (non-hydrogen) atoms. The van der Waals surface area contributed by atoms with E-state index < -0.39 is 27.4 Å². The van der Waals surface area contributed by atoms with Crippen LogP contribution in [0.5, 0.6) is 0 Å². The summed E-state index contributed by atoms with van der Waals surface area (Å²) in [6.07, 6.45) is 9.65. The number of fused-ring (bicyclic) bond motifs is 1. The van der Waals surface area contributed by atoms with E-state index >= 15 is 4.39 Å². The molecular weight excluding hydrogens is 479 g/mol. The number of aromatic nitrogens is 2. The SMILES string of the molecule is C[C@@]1(C=NS(=O)(=O)c2ccccc2-c2ccc(-c3cnc(N)cn3)c(F)c2)C2=CCCC=C2C[C@@H]1O. The van der Waals surface area contributed by atoms with Crippen LogP contribution < -0.4 is 5.73 Å². The molecule has 3 N–H and O–H groups in total. The fourth-order valence-corrected chi connectivity index (χ4v) is 5.96. The first kappa shape index (κ1) is 24.0. The molecule has 0 radical (unpaired) electrons. The molecule has 2 aliphatic rings. The van der Waals surface area contributed by atoms with Gasteiger partial charge in [-0.3, -0.25) is 4.98 Å². The standard InChI is InChI=1S/C27H25FN4O3S/c1-27(21-8-4-2-6-18(21)13-25(27)33)16-32-36(34,35)24-9-5-3-7-19(24)17-10-11-20(22(28)12-17)23-14-31-26(29)15-30-23/h3,5-12,14-16,25,33H,2,4,13H2,1H3,(H2,29,31)/t25-,27+/m0/s1. The molecule has 1 saturated carbocycles. The largest absolute Gasteiger partial charge is 0.391 e. The second-order valence-corrected chi connectivity index (χ2v) is 10.8. The highest BCUT2D eigenvalue weighted by atomic mass is 32.2. The quantitative estimate of drug-likeness (QED) is 0.486. The van der Waals surface area contributed by atoms with Gasteiger partial charge in [-0.25, -0.2) is 9.37 Å². The number of sulfonamides is 1. The van der Waals surface area contributed by atoms with Crippen molar-refractivity contribution >= 4 is 22.1 Å². The van der Waals surface area contributed by atoms with Gasteiger partial charge in [-0.2, -0.15) is 12.8 Å². The average Bonchev–Trinajstić information content (AvgIpc) is 3.13. The molecule has 2 aromatic carbocycles. The maximum atomic E-state index is 15.0. The number of anilines is 1. The minimum atomic E-state index is -4.15. The van der Waals surface area contributed by atoms with E-state index in [4.69, 9.17) is 5.73 Å². The lowest BCUT2D eigenvalue weighted by Crippen LogP contribution is -2.30. The van der Waals surface area contributed by atoms with Crippen LogP contribution >= 0.6 is 0 Å². The molecule has 1 aromatic heterocycles. The van der Waals surface area contributed by atoms with Gasteiger partial charge in [0.15, 0.2) is 0 Å². The Morgan fingerprint density at radius 1 is 1.11 bits per heavy atom. The normalized spacial score (nSPS) is 21.8. The van der Waals surface area contributed by atoms with Gasteiger partial charge in [0.1, 0.15) is 11.6 Å². The van der Waals surface area contributed by atoms with Crippen LogP contribution in [-0.4, -0.2) is 35.8 Å². The third kappa shape index (κ3) is 4.25. The Balaban J connectivity index is 1.50. The number of hydrogen-bond acceptors (Lipinski definition) is 6. The van der Waals surface area contributed by atoms with Gasteiger partial charge in [0.25, 0.3) is 10.0 Å². The molecule has 184 valence electrons. The van der Waals surface area contributed by atoms with E-state index in [9.17, 15) is 13.5 Å². The summed E-state index contributed by atoms with van der Waals surface area (Å²) in [5.74, 6) is -0.353. The molecule has 5 rings (SSSR count). The van der Waals surface area contributed by atoms with Gasteiger partial charge in [-0.15, -0.1) is 0 Å². The summed E-state index contributed by atoms with van der Waals surface area (Å²) >= 11 is 0. The van der Waals surface area contributed by atoms with Crippen LogP contribution in [0.3, 0.4) is 0 Å². The van der Waals surface area contributed by atoms with Crippen molar-refractivity contribution in [2.45, 2.75) is 37.2 Å². The van der Waals surface area contributed by atoms with Crippen LogP contribution in [0, 0.1) is 11.2 Å². The van der Waals surface area contributed by atoms with E-state index in [0.717, 1.165) is 24.0 Å². The number of halogens is 1. The fourth-order valence-electron chi connectivity index (χ4n) is 4.77. The van der Waals surface area contributed by atoms with Crippen molar-refractivity contribution in [2.75, 3.05) is 5.73 Å². The number of nitrogens with zero attached hydrogens (tertiary/aromatic N) is 3. The smallest absolute Gasteiger partial charge is 0.282 e. The fraction of sp³-hybridized carbons (Fsp3) is 0.222. The van der Waals surface area contributed by atoms with Gasteiger partial charge < -0.3 is 10.8 Å². The van der Waals surface area contributed by atoms with Crippen LogP contribution in [0.1, 0.15) is 26.2 Å². The number of rotatable bonds is 5. The van der Waals surface area contributed by atoms with Crippen molar-refractivity contribution in [3.63, 3.8) is 0 Å². The van der Waals surface area contributed by atoms with Gasteiger partial charge in [-0.05, 0) is 61.1 Å². The van der Waals surface area contributed by atoms with Crippen molar-refractivity contribution in [3.8, 4) is 22.4 Å². The van der Waals surface area contributed by atoms with E-state index in [1.165, 1.54) is 36.8 Å². The molecule has 1 fully saturated rings. The molecule has 0 unspecified atom stereocenters.